The summed E-state index contributed by atoms with van der Waals surface area (Å²) in [7, 11) is -1.15. The van der Waals surface area contributed by atoms with E-state index in [4.69, 9.17) is 0 Å². The molecule has 1 radical (unpaired) electrons. The average molecular weight is 139 g/mol. The molecule has 0 spiro atoms. The van der Waals surface area contributed by atoms with Gasteiger partial charge in [0, 0.05) is 11.5 Å². The van der Waals surface area contributed by atoms with Gasteiger partial charge in [-0.25, -0.2) is 4.98 Å². The van der Waals surface area contributed by atoms with Gasteiger partial charge in [-0.3, -0.25) is 0 Å². The van der Waals surface area contributed by atoms with Crippen molar-refractivity contribution in [2.45, 2.75) is 19.6 Å². The molecule has 0 aromatic carbocycles. The standard InChI is InChI=1S/C6H11N2Si/c1-9(2,3)6-4-7-5-8-6/h4H,1-3H3,(H,7,8). The van der Waals surface area contributed by atoms with E-state index in [1.165, 1.54) is 5.32 Å². The van der Waals surface area contributed by atoms with Crippen LogP contribution in [0, 0.1) is 6.33 Å². The molecule has 2 nitrogen and oxygen atoms in total. The Morgan fingerprint density at radius 1 is 1.56 bits per heavy atom. The van der Waals surface area contributed by atoms with Gasteiger partial charge in [-0.15, -0.1) is 0 Å². The Labute approximate surface area is 56.3 Å². The SMILES string of the molecule is C[Si](C)(C)c1c[nH][c]n1. The van der Waals surface area contributed by atoms with Gasteiger partial charge in [-0.2, -0.15) is 0 Å². The van der Waals surface area contributed by atoms with Crippen LogP contribution in [-0.2, 0) is 0 Å². The first kappa shape index (κ1) is 6.55. The number of rotatable bonds is 1. The number of aromatic nitrogens is 2. The van der Waals surface area contributed by atoms with E-state index >= 15 is 0 Å². The highest BCUT2D eigenvalue weighted by Gasteiger charge is 2.17. The number of nitrogens with zero attached hydrogens (tertiary/aromatic N) is 1. The third-order valence-electron chi connectivity index (χ3n) is 1.22. The van der Waals surface area contributed by atoms with E-state index in [9.17, 15) is 0 Å². The van der Waals surface area contributed by atoms with Crippen molar-refractivity contribution in [1.29, 1.82) is 0 Å². The maximum absolute atomic E-state index is 4.07. The summed E-state index contributed by atoms with van der Waals surface area (Å²) in [4.78, 5) is 6.90. The fourth-order valence-corrected chi connectivity index (χ4v) is 1.51. The van der Waals surface area contributed by atoms with Gasteiger partial charge < -0.3 is 4.98 Å². The van der Waals surface area contributed by atoms with Crippen LogP contribution in [-0.4, -0.2) is 18.0 Å². The lowest BCUT2D eigenvalue weighted by Crippen LogP contribution is -2.38. The lowest BCUT2D eigenvalue weighted by atomic mass is 10.9. The molecule has 1 aromatic rings. The zero-order valence-electron chi connectivity index (χ0n) is 6.02. The molecular weight excluding hydrogens is 128 g/mol. The van der Waals surface area contributed by atoms with Gasteiger partial charge in [0.2, 0.25) is 0 Å². The first-order valence-corrected chi connectivity index (χ1v) is 6.52. The molecule has 1 aromatic heterocycles. The van der Waals surface area contributed by atoms with Gasteiger partial charge in [0.15, 0.2) is 6.33 Å². The fourth-order valence-electron chi connectivity index (χ4n) is 0.610. The first-order chi connectivity index (χ1) is 4.11. The van der Waals surface area contributed by atoms with Crippen molar-refractivity contribution in [2.75, 3.05) is 0 Å². The van der Waals surface area contributed by atoms with Crippen molar-refractivity contribution in [3.63, 3.8) is 0 Å². The highest BCUT2D eigenvalue weighted by atomic mass is 28.3. The molecule has 0 fully saturated rings. The van der Waals surface area contributed by atoms with Gasteiger partial charge in [-0.05, 0) is 0 Å². The largest absolute Gasteiger partial charge is 0.342 e. The van der Waals surface area contributed by atoms with Crippen LogP contribution in [0.15, 0.2) is 6.20 Å². The minimum absolute atomic E-state index is 1.15. The summed E-state index contributed by atoms with van der Waals surface area (Å²) in [5, 5.41) is 1.20. The number of hydrogen-bond donors (Lipinski definition) is 1. The van der Waals surface area contributed by atoms with Crippen LogP contribution in [0.25, 0.3) is 0 Å². The molecule has 0 unspecified atom stereocenters. The second-order valence-electron chi connectivity index (χ2n) is 3.15. The topological polar surface area (TPSA) is 28.7 Å². The van der Waals surface area contributed by atoms with Crippen molar-refractivity contribution < 1.29 is 0 Å². The van der Waals surface area contributed by atoms with Gasteiger partial charge >= 0.3 is 0 Å². The van der Waals surface area contributed by atoms with Crippen LogP contribution in [0.4, 0.5) is 0 Å². The van der Waals surface area contributed by atoms with E-state index in [-0.39, 0.29) is 0 Å². The molecule has 0 atom stereocenters. The Bertz CT molecular complexity index is 173. The van der Waals surface area contributed by atoms with Crippen molar-refractivity contribution in [3.05, 3.63) is 12.5 Å². The molecule has 1 N–H and O–H groups in total. The Balaban J connectivity index is 2.90. The molecule has 0 saturated carbocycles. The summed E-state index contributed by atoms with van der Waals surface area (Å²) in [6.07, 6.45) is 4.63. The van der Waals surface area contributed by atoms with Crippen molar-refractivity contribution in [3.8, 4) is 0 Å². The number of H-pyrrole nitrogens is 1. The monoisotopic (exact) mass is 139 g/mol. The molecule has 3 heteroatoms. The minimum atomic E-state index is -1.15. The average Bonchev–Trinajstić information content (AvgIpc) is 2.08. The molecule has 9 heavy (non-hydrogen) atoms. The normalized spacial score (nSPS) is 11.9. The van der Waals surface area contributed by atoms with Crippen molar-refractivity contribution >= 4 is 13.4 Å². The zero-order chi connectivity index (χ0) is 6.91. The lowest BCUT2D eigenvalue weighted by Gasteiger charge is -2.10. The van der Waals surface area contributed by atoms with E-state index in [0.717, 1.165) is 0 Å². The Kier molecular flexibility index (Phi) is 1.44. The number of imidazole rings is 1. The van der Waals surface area contributed by atoms with Crippen LogP contribution < -0.4 is 5.32 Å². The van der Waals surface area contributed by atoms with Crippen LogP contribution in [0.1, 0.15) is 0 Å². The molecule has 0 aliphatic heterocycles. The summed E-state index contributed by atoms with van der Waals surface area (Å²) >= 11 is 0. The smallest absolute Gasteiger partial charge is 0.173 e. The van der Waals surface area contributed by atoms with Crippen molar-refractivity contribution in [2.24, 2.45) is 0 Å². The summed E-state index contributed by atoms with van der Waals surface area (Å²) < 4.78 is 0. The fraction of sp³-hybridized carbons (Fsp3) is 0.500. The third kappa shape index (κ3) is 1.42. The lowest BCUT2D eigenvalue weighted by molar-refractivity contribution is 1.29. The predicted octanol–water partition coefficient (Wildman–Crippen LogP) is 0.755. The molecule has 1 rings (SSSR count). The molecule has 49 valence electrons. The molecule has 1 heterocycles. The van der Waals surface area contributed by atoms with Gasteiger partial charge in [0.1, 0.15) is 8.07 Å². The van der Waals surface area contributed by atoms with Gasteiger partial charge in [0.25, 0.3) is 0 Å². The molecule has 0 saturated heterocycles. The minimum Gasteiger partial charge on any atom is -0.342 e. The zero-order valence-corrected chi connectivity index (χ0v) is 7.02. The van der Waals surface area contributed by atoms with Crippen molar-refractivity contribution in [1.82, 2.24) is 9.97 Å². The second-order valence-corrected chi connectivity index (χ2v) is 8.16. The highest BCUT2D eigenvalue weighted by molar-refractivity contribution is 6.88. The molecule has 0 aliphatic rings. The summed E-state index contributed by atoms with van der Waals surface area (Å²) in [6, 6.07) is 0. The number of aromatic amines is 1. The predicted molar refractivity (Wildman–Crippen MR) is 40.4 cm³/mol. The highest BCUT2D eigenvalue weighted by Crippen LogP contribution is 1.96. The Morgan fingerprint density at radius 3 is 2.44 bits per heavy atom. The van der Waals surface area contributed by atoms with E-state index in [2.05, 4.69) is 35.9 Å². The van der Waals surface area contributed by atoms with Gasteiger partial charge in [-0.1, -0.05) is 19.6 Å². The van der Waals surface area contributed by atoms with E-state index < -0.39 is 8.07 Å². The second kappa shape index (κ2) is 1.99. The summed E-state index contributed by atoms with van der Waals surface area (Å²) in [6.45, 7) is 6.78. The maximum atomic E-state index is 4.07. The van der Waals surface area contributed by atoms with E-state index in [0.29, 0.717) is 0 Å². The van der Waals surface area contributed by atoms with Gasteiger partial charge in [0.05, 0.1) is 0 Å². The summed E-state index contributed by atoms with van der Waals surface area (Å²) in [5.74, 6) is 0. The Morgan fingerprint density at radius 2 is 2.22 bits per heavy atom. The van der Waals surface area contributed by atoms with Crippen LogP contribution >= 0.6 is 0 Å². The third-order valence-corrected chi connectivity index (χ3v) is 3.01. The maximum Gasteiger partial charge on any atom is 0.173 e. The van der Waals surface area contributed by atoms with Crippen LogP contribution in [0.3, 0.4) is 0 Å². The quantitative estimate of drug-likeness (QED) is 0.572. The molecular formula is C6H11N2Si. The first-order valence-electron chi connectivity index (χ1n) is 3.02. The number of nitrogens with one attached hydrogen (secondary N) is 1. The summed E-state index contributed by atoms with van der Waals surface area (Å²) in [5.41, 5.74) is 0. The Hall–Kier alpha value is -0.573. The van der Waals surface area contributed by atoms with Crippen LogP contribution in [0.5, 0.6) is 0 Å². The van der Waals surface area contributed by atoms with E-state index in [1.807, 2.05) is 6.20 Å². The van der Waals surface area contributed by atoms with E-state index in [1.54, 1.807) is 0 Å². The number of hydrogen-bond acceptors (Lipinski definition) is 1. The molecule has 0 aliphatic carbocycles. The van der Waals surface area contributed by atoms with Crippen LogP contribution in [0.2, 0.25) is 19.6 Å². The molecule has 0 amide bonds. The molecule has 0 bridgehead atoms.